The Labute approximate surface area is 130 Å². The lowest BCUT2D eigenvalue weighted by Crippen LogP contribution is -2.36. The average molecular weight is 293 g/mol. The lowest BCUT2D eigenvalue weighted by molar-refractivity contribution is -0.121. The van der Waals surface area contributed by atoms with Gasteiger partial charge in [0.25, 0.3) is 0 Å². The molecule has 2 aliphatic rings. The zero-order valence-electron chi connectivity index (χ0n) is 12.5. The minimum Gasteiger partial charge on any atom is -0.356 e. The fourth-order valence-electron chi connectivity index (χ4n) is 3.50. The van der Waals surface area contributed by atoms with E-state index in [9.17, 15) is 4.79 Å². The Morgan fingerprint density at radius 1 is 1.09 bits per heavy atom. The van der Waals surface area contributed by atoms with E-state index in [1.165, 1.54) is 5.56 Å². The highest BCUT2D eigenvalue weighted by Gasteiger charge is 2.34. The van der Waals surface area contributed by atoms with Crippen molar-refractivity contribution in [1.29, 1.82) is 0 Å². The summed E-state index contributed by atoms with van der Waals surface area (Å²) >= 11 is 0. The van der Waals surface area contributed by atoms with Gasteiger partial charge in [-0.25, -0.2) is 4.98 Å². The van der Waals surface area contributed by atoms with E-state index in [2.05, 4.69) is 22.0 Å². The normalized spacial score (nSPS) is 20.3. The van der Waals surface area contributed by atoms with Crippen molar-refractivity contribution < 1.29 is 4.79 Å². The maximum atomic E-state index is 12.9. The smallest absolute Gasteiger partial charge is 0.231 e. The average Bonchev–Trinajstić information content (AvgIpc) is 3.22. The second-order valence-corrected chi connectivity index (χ2v) is 5.99. The van der Waals surface area contributed by atoms with Crippen molar-refractivity contribution in [3.05, 3.63) is 54.2 Å². The largest absolute Gasteiger partial charge is 0.356 e. The van der Waals surface area contributed by atoms with E-state index in [0.29, 0.717) is 0 Å². The molecule has 4 nitrogen and oxygen atoms in total. The number of para-hydroxylation sites is 1. The molecule has 112 valence electrons. The van der Waals surface area contributed by atoms with Gasteiger partial charge in [0.15, 0.2) is 0 Å². The lowest BCUT2D eigenvalue weighted by atomic mass is 10.1. The van der Waals surface area contributed by atoms with Crippen LogP contribution in [0.2, 0.25) is 0 Å². The van der Waals surface area contributed by atoms with E-state index in [0.717, 1.165) is 44.0 Å². The SMILES string of the molecule is O=C(C1CCN(c2ccccn2)C1)N1CCc2ccccc21. The number of fused-ring (bicyclic) bond motifs is 1. The van der Waals surface area contributed by atoms with Crippen molar-refractivity contribution in [2.75, 3.05) is 29.4 Å². The Bertz CT molecular complexity index is 686. The Morgan fingerprint density at radius 2 is 1.95 bits per heavy atom. The van der Waals surface area contributed by atoms with Crippen molar-refractivity contribution in [2.24, 2.45) is 5.92 Å². The molecular formula is C18H19N3O. The first kappa shape index (κ1) is 13.3. The maximum Gasteiger partial charge on any atom is 0.231 e. The first-order valence-corrected chi connectivity index (χ1v) is 7.88. The molecule has 2 aliphatic heterocycles. The summed E-state index contributed by atoms with van der Waals surface area (Å²) in [6, 6.07) is 14.2. The Kier molecular flexibility index (Phi) is 3.29. The molecule has 2 aromatic rings. The van der Waals surface area contributed by atoms with E-state index in [-0.39, 0.29) is 11.8 Å². The molecule has 4 rings (SSSR count). The van der Waals surface area contributed by atoms with Crippen LogP contribution in [0, 0.1) is 5.92 Å². The number of pyridine rings is 1. The van der Waals surface area contributed by atoms with Crippen LogP contribution in [-0.4, -0.2) is 30.5 Å². The number of benzene rings is 1. The summed E-state index contributed by atoms with van der Waals surface area (Å²) in [6.07, 6.45) is 3.69. The van der Waals surface area contributed by atoms with Gasteiger partial charge in [0.05, 0.1) is 5.92 Å². The van der Waals surface area contributed by atoms with Crippen LogP contribution in [0.25, 0.3) is 0 Å². The minimum atomic E-state index is 0.0770. The molecule has 3 heterocycles. The predicted octanol–water partition coefficient (Wildman–Crippen LogP) is 2.50. The zero-order chi connectivity index (χ0) is 14.9. The maximum absolute atomic E-state index is 12.9. The standard InChI is InChI=1S/C18H19N3O/c22-18(21-12-9-14-5-1-2-6-16(14)21)15-8-11-20(13-15)17-7-3-4-10-19-17/h1-7,10,15H,8-9,11-13H2. The molecule has 0 bridgehead atoms. The molecule has 1 aromatic heterocycles. The van der Waals surface area contributed by atoms with E-state index in [1.807, 2.05) is 35.2 Å². The number of carbonyl (C=O) groups excluding carboxylic acids is 1. The van der Waals surface area contributed by atoms with Gasteiger partial charge in [-0.1, -0.05) is 24.3 Å². The summed E-state index contributed by atoms with van der Waals surface area (Å²) in [5.41, 5.74) is 2.39. The van der Waals surface area contributed by atoms with Gasteiger partial charge < -0.3 is 9.80 Å². The molecule has 0 saturated carbocycles. The Balaban J connectivity index is 1.49. The molecule has 4 heteroatoms. The molecule has 1 amide bonds. The monoisotopic (exact) mass is 293 g/mol. The van der Waals surface area contributed by atoms with Gasteiger partial charge in [-0.15, -0.1) is 0 Å². The van der Waals surface area contributed by atoms with Crippen LogP contribution in [0.1, 0.15) is 12.0 Å². The Morgan fingerprint density at radius 3 is 2.82 bits per heavy atom. The van der Waals surface area contributed by atoms with Gasteiger partial charge in [-0.3, -0.25) is 4.79 Å². The van der Waals surface area contributed by atoms with E-state index >= 15 is 0 Å². The topological polar surface area (TPSA) is 36.4 Å². The lowest BCUT2D eigenvalue weighted by Gasteiger charge is -2.22. The number of aromatic nitrogens is 1. The summed E-state index contributed by atoms with van der Waals surface area (Å²) in [6.45, 7) is 2.50. The van der Waals surface area contributed by atoms with Crippen LogP contribution in [0.4, 0.5) is 11.5 Å². The van der Waals surface area contributed by atoms with Gasteiger partial charge in [0, 0.05) is 31.5 Å². The highest BCUT2D eigenvalue weighted by atomic mass is 16.2. The fourth-order valence-corrected chi connectivity index (χ4v) is 3.50. The molecule has 1 saturated heterocycles. The molecule has 1 atom stereocenters. The van der Waals surface area contributed by atoms with Crippen molar-refractivity contribution in [3.63, 3.8) is 0 Å². The molecule has 0 aliphatic carbocycles. The third-order valence-corrected chi connectivity index (χ3v) is 4.66. The molecule has 22 heavy (non-hydrogen) atoms. The van der Waals surface area contributed by atoms with E-state index in [4.69, 9.17) is 0 Å². The molecular weight excluding hydrogens is 274 g/mol. The van der Waals surface area contributed by atoms with Crippen LogP contribution >= 0.6 is 0 Å². The summed E-state index contributed by atoms with van der Waals surface area (Å²) in [5, 5.41) is 0. The highest BCUT2D eigenvalue weighted by Crippen LogP contribution is 2.31. The molecule has 0 N–H and O–H groups in total. The highest BCUT2D eigenvalue weighted by molar-refractivity contribution is 5.97. The quantitative estimate of drug-likeness (QED) is 0.853. The summed E-state index contributed by atoms with van der Waals surface area (Å²) in [7, 11) is 0. The van der Waals surface area contributed by atoms with Crippen LogP contribution in [0.3, 0.4) is 0 Å². The minimum absolute atomic E-state index is 0.0770. The van der Waals surface area contributed by atoms with E-state index < -0.39 is 0 Å². The summed E-state index contributed by atoms with van der Waals surface area (Å²) < 4.78 is 0. The molecule has 1 aromatic carbocycles. The van der Waals surface area contributed by atoms with Crippen molar-refractivity contribution in [2.45, 2.75) is 12.8 Å². The summed E-state index contributed by atoms with van der Waals surface area (Å²) in [4.78, 5) is 21.4. The zero-order valence-corrected chi connectivity index (χ0v) is 12.5. The van der Waals surface area contributed by atoms with E-state index in [1.54, 1.807) is 6.20 Å². The molecule has 0 spiro atoms. The van der Waals surface area contributed by atoms with Crippen LogP contribution in [-0.2, 0) is 11.2 Å². The van der Waals surface area contributed by atoms with Gasteiger partial charge >= 0.3 is 0 Å². The number of hydrogen-bond donors (Lipinski definition) is 0. The van der Waals surface area contributed by atoms with Gasteiger partial charge in [-0.2, -0.15) is 0 Å². The van der Waals surface area contributed by atoms with Crippen molar-refractivity contribution in [1.82, 2.24) is 4.98 Å². The molecule has 0 radical (unpaired) electrons. The second-order valence-electron chi connectivity index (χ2n) is 5.99. The third kappa shape index (κ3) is 2.25. The van der Waals surface area contributed by atoms with Gasteiger partial charge in [-0.05, 0) is 36.6 Å². The van der Waals surface area contributed by atoms with Crippen LogP contribution in [0.15, 0.2) is 48.7 Å². The first-order chi connectivity index (χ1) is 10.8. The van der Waals surface area contributed by atoms with Crippen LogP contribution in [0.5, 0.6) is 0 Å². The molecule has 1 unspecified atom stereocenters. The van der Waals surface area contributed by atoms with Crippen LogP contribution < -0.4 is 9.80 Å². The number of anilines is 2. The van der Waals surface area contributed by atoms with Gasteiger partial charge in [0.2, 0.25) is 5.91 Å². The first-order valence-electron chi connectivity index (χ1n) is 7.88. The number of rotatable bonds is 2. The molecule has 1 fully saturated rings. The Hall–Kier alpha value is -2.36. The second kappa shape index (κ2) is 5.44. The summed E-state index contributed by atoms with van der Waals surface area (Å²) in [5.74, 6) is 1.32. The predicted molar refractivity (Wildman–Crippen MR) is 87.1 cm³/mol. The number of carbonyl (C=O) groups is 1. The number of hydrogen-bond acceptors (Lipinski definition) is 3. The number of amides is 1. The fraction of sp³-hybridized carbons (Fsp3) is 0.333. The third-order valence-electron chi connectivity index (χ3n) is 4.66. The number of nitrogens with zero attached hydrogens (tertiary/aromatic N) is 3. The van der Waals surface area contributed by atoms with Gasteiger partial charge in [0.1, 0.15) is 5.82 Å². The van der Waals surface area contributed by atoms with Crippen molar-refractivity contribution in [3.8, 4) is 0 Å². The van der Waals surface area contributed by atoms with Crippen molar-refractivity contribution >= 4 is 17.4 Å².